The monoisotopic (exact) mass is 318 g/mol. The second kappa shape index (κ2) is 6.93. The molecular formula is C15H18N4O2S. The molecule has 0 radical (unpaired) electrons. The summed E-state index contributed by atoms with van der Waals surface area (Å²) in [5.74, 6) is 0.0624. The van der Waals surface area contributed by atoms with Crippen LogP contribution in [-0.2, 0) is 11.2 Å². The van der Waals surface area contributed by atoms with Crippen molar-refractivity contribution in [2.45, 2.75) is 25.8 Å². The fourth-order valence-electron chi connectivity index (χ4n) is 2.57. The highest BCUT2D eigenvalue weighted by Gasteiger charge is 2.29. The summed E-state index contributed by atoms with van der Waals surface area (Å²) < 4.78 is 5.56. The zero-order chi connectivity index (χ0) is 15.4. The molecule has 22 heavy (non-hydrogen) atoms. The van der Waals surface area contributed by atoms with Crippen LogP contribution in [0.4, 0.5) is 0 Å². The van der Waals surface area contributed by atoms with Crippen molar-refractivity contribution in [2.75, 3.05) is 19.8 Å². The van der Waals surface area contributed by atoms with E-state index in [0.717, 1.165) is 29.1 Å². The Balaban J connectivity index is 1.69. The molecule has 2 aromatic heterocycles. The summed E-state index contributed by atoms with van der Waals surface area (Å²) in [6.07, 6.45) is 6.73. The van der Waals surface area contributed by atoms with Crippen molar-refractivity contribution in [1.82, 2.24) is 19.9 Å². The van der Waals surface area contributed by atoms with Crippen molar-refractivity contribution in [3.05, 3.63) is 40.4 Å². The van der Waals surface area contributed by atoms with Crippen LogP contribution < -0.4 is 0 Å². The van der Waals surface area contributed by atoms with E-state index in [1.54, 1.807) is 24.1 Å². The number of amides is 1. The smallest absolute Gasteiger partial charge is 0.266 e. The first-order chi connectivity index (χ1) is 10.8. The molecule has 3 rings (SSSR count). The van der Waals surface area contributed by atoms with E-state index in [0.29, 0.717) is 19.8 Å². The predicted molar refractivity (Wildman–Crippen MR) is 82.8 cm³/mol. The second-order valence-corrected chi connectivity index (χ2v) is 6.08. The molecule has 0 saturated carbocycles. The van der Waals surface area contributed by atoms with E-state index in [-0.39, 0.29) is 11.9 Å². The van der Waals surface area contributed by atoms with Gasteiger partial charge in [-0.1, -0.05) is 0 Å². The number of hydrogen-bond acceptors (Lipinski definition) is 6. The third kappa shape index (κ3) is 3.31. The fraction of sp³-hybridized carbons (Fsp3) is 0.467. The number of ether oxygens (including phenoxy) is 1. The minimum Gasteiger partial charge on any atom is -0.377 e. The highest BCUT2D eigenvalue weighted by Crippen LogP contribution is 2.20. The Morgan fingerprint density at radius 3 is 3.09 bits per heavy atom. The van der Waals surface area contributed by atoms with Gasteiger partial charge >= 0.3 is 0 Å². The Morgan fingerprint density at radius 2 is 2.36 bits per heavy atom. The van der Waals surface area contributed by atoms with Gasteiger partial charge in [-0.25, -0.2) is 4.98 Å². The second-order valence-electron chi connectivity index (χ2n) is 5.23. The van der Waals surface area contributed by atoms with Crippen LogP contribution in [0, 0.1) is 6.92 Å². The largest absolute Gasteiger partial charge is 0.377 e. The molecule has 0 spiro atoms. The normalized spacial score (nSPS) is 18.4. The Kier molecular flexibility index (Phi) is 4.74. The maximum absolute atomic E-state index is 12.7. The highest BCUT2D eigenvalue weighted by molar-refractivity contribution is 7.11. The number of rotatable bonds is 4. The summed E-state index contributed by atoms with van der Waals surface area (Å²) in [6, 6.07) is 0.0738. The molecule has 0 aliphatic carbocycles. The quantitative estimate of drug-likeness (QED) is 0.858. The number of carbonyl (C=O) groups excluding carboxylic acids is 1. The van der Waals surface area contributed by atoms with Crippen molar-refractivity contribution in [3.8, 4) is 0 Å². The van der Waals surface area contributed by atoms with Crippen molar-refractivity contribution < 1.29 is 9.53 Å². The molecule has 1 unspecified atom stereocenters. The van der Waals surface area contributed by atoms with Gasteiger partial charge in [0.15, 0.2) is 0 Å². The van der Waals surface area contributed by atoms with Crippen molar-refractivity contribution in [3.63, 3.8) is 0 Å². The van der Waals surface area contributed by atoms with Crippen LogP contribution >= 0.6 is 11.3 Å². The molecule has 0 N–H and O–H groups in total. The van der Waals surface area contributed by atoms with Crippen LogP contribution in [0.1, 0.15) is 27.5 Å². The van der Waals surface area contributed by atoms with Crippen LogP contribution in [0.2, 0.25) is 0 Å². The lowest BCUT2D eigenvalue weighted by atomic mass is 10.1. The molecule has 1 fully saturated rings. The van der Waals surface area contributed by atoms with Gasteiger partial charge < -0.3 is 9.64 Å². The Bertz CT molecular complexity index is 631. The van der Waals surface area contributed by atoms with Crippen LogP contribution in [0.3, 0.4) is 0 Å². The third-order valence-electron chi connectivity index (χ3n) is 3.78. The molecule has 1 atom stereocenters. The molecule has 2 aromatic rings. The molecule has 6 nitrogen and oxygen atoms in total. The van der Waals surface area contributed by atoms with E-state index in [1.807, 2.05) is 11.8 Å². The first-order valence-electron chi connectivity index (χ1n) is 7.29. The average Bonchev–Trinajstić information content (AvgIpc) is 2.99. The molecule has 116 valence electrons. The summed E-state index contributed by atoms with van der Waals surface area (Å²) >= 11 is 1.40. The zero-order valence-electron chi connectivity index (χ0n) is 12.4. The van der Waals surface area contributed by atoms with Gasteiger partial charge in [-0.3, -0.25) is 14.8 Å². The van der Waals surface area contributed by atoms with Gasteiger partial charge in [0.05, 0.1) is 36.2 Å². The van der Waals surface area contributed by atoms with Gasteiger partial charge in [-0.2, -0.15) is 0 Å². The van der Waals surface area contributed by atoms with Gasteiger partial charge in [0, 0.05) is 25.1 Å². The number of aryl methyl sites for hydroxylation is 2. The van der Waals surface area contributed by atoms with Crippen molar-refractivity contribution in [2.24, 2.45) is 0 Å². The zero-order valence-corrected chi connectivity index (χ0v) is 13.3. The van der Waals surface area contributed by atoms with Crippen LogP contribution in [0.25, 0.3) is 0 Å². The molecule has 1 aliphatic rings. The topological polar surface area (TPSA) is 68.2 Å². The molecule has 0 bridgehead atoms. The molecule has 1 saturated heterocycles. The molecule has 1 amide bonds. The van der Waals surface area contributed by atoms with Gasteiger partial charge in [-0.15, -0.1) is 11.3 Å². The van der Waals surface area contributed by atoms with Gasteiger partial charge in [0.2, 0.25) is 0 Å². The summed E-state index contributed by atoms with van der Waals surface area (Å²) in [5.41, 5.74) is 3.46. The number of carbonyl (C=O) groups is 1. The SMILES string of the molecule is Cc1ncsc1C(=O)N1CCOCC1CCc1cnccn1. The molecule has 0 aromatic carbocycles. The number of aromatic nitrogens is 3. The average molecular weight is 318 g/mol. The van der Waals surface area contributed by atoms with Gasteiger partial charge in [0.1, 0.15) is 4.88 Å². The van der Waals surface area contributed by atoms with Gasteiger partial charge in [0.25, 0.3) is 5.91 Å². The number of thiazole rings is 1. The maximum Gasteiger partial charge on any atom is 0.266 e. The van der Waals surface area contributed by atoms with Crippen LogP contribution in [-0.4, -0.2) is 51.6 Å². The molecule has 3 heterocycles. The Hall–Kier alpha value is -1.86. The van der Waals surface area contributed by atoms with E-state index >= 15 is 0 Å². The fourth-order valence-corrected chi connectivity index (χ4v) is 3.33. The molecular weight excluding hydrogens is 300 g/mol. The van der Waals surface area contributed by atoms with E-state index in [4.69, 9.17) is 4.74 Å². The van der Waals surface area contributed by atoms with Crippen molar-refractivity contribution in [1.29, 1.82) is 0 Å². The van der Waals surface area contributed by atoms with Gasteiger partial charge in [-0.05, 0) is 19.8 Å². The maximum atomic E-state index is 12.7. The minimum atomic E-state index is 0.0624. The minimum absolute atomic E-state index is 0.0624. The van der Waals surface area contributed by atoms with E-state index < -0.39 is 0 Å². The summed E-state index contributed by atoms with van der Waals surface area (Å²) in [7, 11) is 0. The van der Waals surface area contributed by atoms with Crippen molar-refractivity contribution >= 4 is 17.2 Å². The summed E-state index contributed by atoms with van der Waals surface area (Å²) in [6.45, 7) is 3.66. The number of hydrogen-bond donors (Lipinski definition) is 0. The Labute approximate surface area is 133 Å². The van der Waals surface area contributed by atoms with E-state index in [1.165, 1.54) is 11.3 Å². The lowest BCUT2D eigenvalue weighted by Crippen LogP contribution is -2.48. The highest BCUT2D eigenvalue weighted by atomic mass is 32.1. The summed E-state index contributed by atoms with van der Waals surface area (Å²) in [4.78, 5) is 27.9. The predicted octanol–water partition coefficient (Wildman–Crippen LogP) is 1.72. The summed E-state index contributed by atoms with van der Waals surface area (Å²) in [5, 5.41) is 0. The Morgan fingerprint density at radius 1 is 1.45 bits per heavy atom. The lowest BCUT2D eigenvalue weighted by Gasteiger charge is -2.35. The molecule has 7 heteroatoms. The first kappa shape index (κ1) is 15.1. The third-order valence-corrected chi connectivity index (χ3v) is 4.70. The standard InChI is InChI=1S/C15H18N4O2S/c1-11-14(22-10-18-11)15(20)19-6-7-21-9-13(19)3-2-12-8-16-4-5-17-12/h4-5,8,10,13H,2-3,6-7,9H2,1H3. The van der Waals surface area contributed by atoms with E-state index in [2.05, 4.69) is 15.0 Å². The number of nitrogens with zero attached hydrogens (tertiary/aromatic N) is 4. The van der Waals surface area contributed by atoms with Crippen LogP contribution in [0.5, 0.6) is 0 Å². The molecule has 1 aliphatic heterocycles. The van der Waals surface area contributed by atoms with Crippen LogP contribution in [0.15, 0.2) is 24.1 Å². The first-order valence-corrected chi connectivity index (χ1v) is 8.17. The number of morpholine rings is 1. The lowest BCUT2D eigenvalue weighted by molar-refractivity contribution is -0.00392. The van der Waals surface area contributed by atoms with E-state index in [9.17, 15) is 4.79 Å².